The predicted molar refractivity (Wildman–Crippen MR) is 109 cm³/mol. The summed E-state index contributed by atoms with van der Waals surface area (Å²) < 4.78 is 0. The van der Waals surface area contributed by atoms with Gasteiger partial charge in [-0.15, -0.1) is 11.3 Å². The Balaban J connectivity index is 2.15. The minimum Gasteiger partial charge on any atom is -0.395 e. The van der Waals surface area contributed by atoms with Crippen molar-refractivity contribution < 1.29 is 14.7 Å². The highest BCUT2D eigenvalue weighted by molar-refractivity contribution is 7.15. The first-order valence-corrected chi connectivity index (χ1v) is 9.70. The van der Waals surface area contributed by atoms with Gasteiger partial charge in [0.15, 0.2) is 0 Å². The molecule has 140 valence electrons. The monoisotopic (exact) mass is 381 g/mol. The molecule has 0 bridgehead atoms. The number of amides is 2. The van der Waals surface area contributed by atoms with Crippen molar-refractivity contribution in [2.45, 2.75) is 27.7 Å². The zero-order valence-electron chi connectivity index (χ0n) is 16.0. The number of allylic oxidation sites excluding steroid dienone is 2. The molecule has 1 saturated heterocycles. The Morgan fingerprint density at radius 3 is 2.26 bits per heavy atom. The second-order valence-electron chi connectivity index (χ2n) is 6.81. The third-order valence-electron chi connectivity index (χ3n) is 4.75. The van der Waals surface area contributed by atoms with E-state index in [1.807, 2.05) is 45.9 Å². The van der Waals surface area contributed by atoms with E-state index in [0.717, 1.165) is 36.9 Å². The van der Waals surface area contributed by atoms with E-state index in [0.29, 0.717) is 11.1 Å². The Morgan fingerprint density at radius 1 is 1.04 bits per heavy atom. The summed E-state index contributed by atoms with van der Waals surface area (Å²) in [6.45, 7) is 7.39. The van der Waals surface area contributed by atoms with Gasteiger partial charge in [-0.3, -0.25) is 14.5 Å². The second kappa shape index (κ2) is 7.62. The van der Waals surface area contributed by atoms with Gasteiger partial charge in [-0.25, -0.2) is 0 Å². The fourth-order valence-electron chi connectivity index (χ4n) is 3.42. The predicted octanol–water partition coefficient (Wildman–Crippen LogP) is 4.19. The molecule has 0 aliphatic carbocycles. The first-order valence-electron chi connectivity index (χ1n) is 8.88. The molecule has 27 heavy (non-hydrogen) atoms. The van der Waals surface area contributed by atoms with Crippen LogP contribution >= 0.6 is 11.3 Å². The first-order chi connectivity index (χ1) is 12.9. The average molecular weight is 381 g/mol. The van der Waals surface area contributed by atoms with Gasteiger partial charge < -0.3 is 5.11 Å². The van der Waals surface area contributed by atoms with Crippen LogP contribution in [0.15, 0.2) is 53.1 Å². The van der Waals surface area contributed by atoms with Crippen LogP contribution in [0.1, 0.15) is 31.2 Å². The van der Waals surface area contributed by atoms with E-state index in [9.17, 15) is 14.7 Å². The fraction of sp³-hybridized carbons (Fsp3) is 0.273. The molecule has 4 nitrogen and oxygen atoms in total. The molecular weight excluding hydrogens is 358 g/mol. The molecule has 1 N–H and O–H groups in total. The largest absolute Gasteiger partial charge is 0.395 e. The van der Waals surface area contributed by atoms with Gasteiger partial charge in [0.25, 0.3) is 11.8 Å². The highest BCUT2D eigenvalue weighted by atomic mass is 32.1. The first kappa shape index (κ1) is 19.3. The maximum atomic E-state index is 12.9. The highest BCUT2D eigenvalue weighted by Crippen LogP contribution is 2.39. The zero-order chi connectivity index (χ0) is 19.7. The van der Waals surface area contributed by atoms with Crippen molar-refractivity contribution in [3.63, 3.8) is 0 Å². The van der Waals surface area contributed by atoms with Gasteiger partial charge in [-0.05, 0) is 50.5 Å². The summed E-state index contributed by atoms with van der Waals surface area (Å²) in [6, 6.07) is 12.2. The number of hydrogen-bond acceptors (Lipinski definition) is 4. The lowest BCUT2D eigenvalue weighted by molar-refractivity contribution is -0.137. The smallest absolute Gasteiger partial charge is 0.261 e. The van der Waals surface area contributed by atoms with Crippen LogP contribution in [0.4, 0.5) is 0 Å². The number of aliphatic hydroxyl groups excluding tert-OH is 1. The van der Waals surface area contributed by atoms with Crippen LogP contribution in [-0.2, 0) is 9.59 Å². The third kappa shape index (κ3) is 3.40. The lowest BCUT2D eigenvalue weighted by Crippen LogP contribution is -2.32. The zero-order valence-corrected chi connectivity index (χ0v) is 16.8. The molecule has 2 amide bonds. The summed E-state index contributed by atoms with van der Waals surface area (Å²) in [7, 11) is 0. The number of likely N-dealkylation sites (tertiary alicyclic amines) is 1. The molecule has 1 aliphatic heterocycles. The number of carbonyl (C=O) groups excluding carboxylic acids is 2. The minimum absolute atomic E-state index is 0.0170. The molecule has 2 aromatic rings. The number of β-amino-alcohol motifs (C(OH)–C–C–N with tert-alkyl or cyclic N) is 1. The van der Waals surface area contributed by atoms with Gasteiger partial charge in [-0.2, -0.15) is 0 Å². The SMILES string of the molecule is CC(C)=C1C(=O)N(CCO)C(=O)C1=C(C)c1cc(-c2ccccc2)sc1C. The maximum absolute atomic E-state index is 12.9. The standard InChI is InChI=1S/C22H23NO3S/c1-13(2)19-20(22(26)23(10-11-24)21(19)25)14(3)17-12-18(27-15(17)4)16-8-6-5-7-9-16/h5-9,12,24H,10-11H2,1-4H3. The van der Waals surface area contributed by atoms with Crippen LogP contribution in [0.3, 0.4) is 0 Å². The molecule has 3 rings (SSSR count). The maximum Gasteiger partial charge on any atom is 0.261 e. The van der Waals surface area contributed by atoms with Gasteiger partial charge in [0.2, 0.25) is 0 Å². The number of imide groups is 1. The van der Waals surface area contributed by atoms with Crippen molar-refractivity contribution in [3.8, 4) is 10.4 Å². The van der Waals surface area contributed by atoms with E-state index in [4.69, 9.17) is 0 Å². The molecule has 1 aromatic heterocycles. The topological polar surface area (TPSA) is 57.6 Å². The Labute approximate surface area is 163 Å². The van der Waals surface area contributed by atoms with Crippen molar-refractivity contribution in [2.24, 2.45) is 0 Å². The Bertz CT molecular complexity index is 963. The van der Waals surface area contributed by atoms with Gasteiger partial charge in [0.05, 0.1) is 24.3 Å². The lowest BCUT2D eigenvalue weighted by Gasteiger charge is -2.10. The summed E-state index contributed by atoms with van der Waals surface area (Å²) >= 11 is 1.68. The van der Waals surface area contributed by atoms with Crippen LogP contribution < -0.4 is 0 Å². The molecule has 0 saturated carbocycles. The van der Waals surface area contributed by atoms with E-state index < -0.39 is 0 Å². The highest BCUT2D eigenvalue weighted by Gasteiger charge is 2.40. The molecule has 1 fully saturated rings. The van der Waals surface area contributed by atoms with Crippen LogP contribution in [0, 0.1) is 6.92 Å². The Kier molecular flexibility index (Phi) is 5.44. The molecule has 1 aliphatic rings. The van der Waals surface area contributed by atoms with E-state index in [-0.39, 0.29) is 25.0 Å². The summed E-state index contributed by atoms with van der Waals surface area (Å²) in [5, 5.41) is 9.23. The van der Waals surface area contributed by atoms with Gasteiger partial charge in [0.1, 0.15) is 0 Å². The fourth-order valence-corrected chi connectivity index (χ4v) is 4.51. The number of rotatable bonds is 4. The summed E-state index contributed by atoms with van der Waals surface area (Å²) in [6.07, 6.45) is 0. The van der Waals surface area contributed by atoms with E-state index >= 15 is 0 Å². The van der Waals surface area contributed by atoms with Crippen molar-refractivity contribution in [1.82, 2.24) is 4.90 Å². The summed E-state index contributed by atoms with van der Waals surface area (Å²) in [5.74, 6) is -0.644. The Hall–Kier alpha value is -2.50. The quantitative estimate of drug-likeness (QED) is 0.638. The molecular formula is C22H23NO3S. The molecule has 2 heterocycles. The number of aryl methyl sites for hydroxylation is 1. The van der Waals surface area contributed by atoms with E-state index in [2.05, 4.69) is 18.2 Å². The second-order valence-corrected chi connectivity index (χ2v) is 8.06. The minimum atomic E-state index is -0.324. The number of carbonyl (C=O) groups is 2. The van der Waals surface area contributed by atoms with Crippen LogP contribution in [0.5, 0.6) is 0 Å². The van der Waals surface area contributed by atoms with Gasteiger partial charge in [-0.1, -0.05) is 35.9 Å². The number of aliphatic hydroxyl groups is 1. The normalized spacial score (nSPS) is 16.3. The Morgan fingerprint density at radius 2 is 1.67 bits per heavy atom. The molecule has 0 unspecified atom stereocenters. The average Bonchev–Trinajstić information content (AvgIpc) is 3.15. The number of benzene rings is 1. The molecule has 5 heteroatoms. The molecule has 1 aromatic carbocycles. The van der Waals surface area contributed by atoms with E-state index in [1.54, 1.807) is 11.3 Å². The number of thiophene rings is 1. The number of hydrogen-bond donors (Lipinski definition) is 1. The molecule has 0 spiro atoms. The number of nitrogens with zero attached hydrogens (tertiary/aromatic N) is 1. The van der Waals surface area contributed by atoms with Crippen LogP contribution in [0.25, 0.3) is 16.0 Å². The van der Waals surface area contributed by atoms with Crippen LogP contribution in [0.2, 0.25) is 0 Å². The lowest BCUT2D eigenvalue weighted by atomic mass is 9.95. The summed E-state index contributed by atoms with van der Waals surface area (Å²) in [4.78, 5) is 29.0. The molecule has 0 radical (unpaired) electrons. The van der Waals surface area contributed by atoms with E-state index in [1.165, 1.54) is 0 Å². The third-order valence-corrected chi connectivity index (χ3v) is 5.85. The summed E-state index contributed by atoms with van der Waals surface area (Å²) in [5.41, 5.74) is 4.64. The van der Waals surface area contributed by atoms with Crippen LogP contribution in [-0.4, -0.2) is 35.0 Å². The molecule has 0 atom stereocenters. The van der Waals surface area contributed by atoms with Crippen molar-refractivity contribution in [2.75, 3.05) is 13.2 Å². The van der Waals surface area contributed by atoms with Gasteiger partial charge in [0, 0.05) is 9.75 Å². The van der Waals surface area contributed by atoms with Crippen molar-refractivity contribution in [3.05, 3.63) is 63.6 Å². The van der Waals surface area contributed by atoms with Crippen molar-refractivity contribution in [1.29, 1.82) is 0 Å². The van der Waals surface area contributed by atoms with Gasteiger partial charge >= 0.3 is 0 Å². The van der Waals surface area contributed by atoms with Crippen molar-refractivity contribution >= 4 is 28.7 Å².